The van der Waals surface area contributed by atoms with Gasteiger partial charge in [0, 0.05) is 22.6 Å². The molecule has 0 bridgehead atoms. The lowest BCUT2D eigenvalue weighted by atomic mass is 9.83. The largest absolute Gasteiger partial charge is 0.508 e. The maximum atomic E-state index is 14.4. The van der Waals surface area contributed by atoms with Crippen LogP contribution in [0, 0.1) is 29.1 Å². The van der Waals surface area contributed by atoms with Crippen molar-refractivity contribution in [1.82, 2.24) is 0 Å². The van der Waals surface area contributed by atoms with Crippen molar-refractivity contribution < 1.29 is 32.2 Å². The second-order valence-corrected chi connectivity index (χ2v) is 5.53. The summed E-state index contributed by atoms with van der Waals surface area (Å²) in [6, 6.07) is 10.7. The SMILES string of the molecule is Oc1ccccc1C(c1ccccc1O)c1c(F)c(F)c(F)c(F)c1F. The molecule has 0 unspecified atom stereocenters. The summed E-state index contributed by atoms with van der Waals surface area (Å²) >= 11 is 0. The normalized spacial score (nSPS) is 11.2. The molecule has 0 heterocycles. The van der Waals surface area contributed by atoms with Crippen LogP contribution in [-0.2, 0) is 0 Å². The summed E-state index contributed by atoms with van der Waals surface area (Å²) in [4.78, 5) is 0. The minimum absolute atomic E-state index is 0.128. The molecule has 26 heavy (non-hydrogen) atoms. The maximum Gasteiger partial charge on any atom is 0.200 e. The third-order valence-corrected chi connectivity index (χ3v) is 4.03. The first-order valence-corrected chi connectivity index (χ1v) is 7.41. The summed E-state index contributed by atoms with van der Waals surface area (Å²) in [5.74, 6) is -13.0. The molecule has 0 spiro atoms. The van der Waals surface area contributed by atoms with Gasteiger partial charge in [-0.15, -0.1) is 0 Å². The number of hydrogen-bond donors (Lipinski definition) is 2. The third kappa shape index (κ3) is 2.75. The first-order valence-electron chi connectivity index (χ1n) is 7.41. The summed E-state index contributed by atoms with van der Waals surface area (Å²) in [7, 11) is 0. The quantitative estimate of drug-likeness (QED) is 0.297. The number of halogens is 5. The lowest BCUT2D eigenvalue weighted by molar-refractivity contribution is 0.367. The van der Waals surface area contributed by atoms with Gasteiger partial charge in [-0.2, -0.15) is 0 Å². The van der Waals surface area contributed by atoms with Crippen LogP contribution >= 0.6 is 0 Å². The average Bonchev–Trinajstić information content (AvgIpc) is 2.64. The highest BCUT2D eigenvalue weighted by atomic mass is 19.2. The van der Waals surface area contributed by atoms with E-state index in [0.717, 1.165) is 0 Å². The Bertz CT molecular complexity index is 913. The first-order chi connectivity index (χ1) is 12.3. The molecule has 0 aromatic heterocycles. The highest BCUT2D eigenvalue weighted by Crippen LogP contribution is 2.43. The number of phenolic OH excluding ortho intramolecular Hbond substituents is 2. The second kappa shape index (κ2) is 6.67. The van der Waals surface area contributed by atoms with Crippen molar-refractivity contribution >= 4 is 0 Å². The van der Waals surface area contributed by atoms with Crippen molar-refractivity contribution in [2.24, 2.45) is 0 Å². The van der Waals surface area contributed by atoms with E-state index in [9.17, 15) is 32.2 Å². The van der Waals surface area contributed by atoms with Crippen LogP contribution in [0.1, 0.15) is 22.6 Å². The van der Waals surface area contributed by atoms with E-state index in [2.05, 4.69) is 0 Å². The van der Waals surface area contributed by atoms with E-state index in [1.807, 2.05) is 0 Å². The maximum absolute atomic E-state index is 14.4. The van der Waals surface area contributed by atoms with Crippen LogP contribution < -0.4 is 0 Å². The molecular weight excluding hydrogens is 355 g/mol. The van der Waals surface area contributed by atoms with E-state index in [0.29, 0.717) is 0 Å². The van der Waals surface area contributed by atoms with Gasteiger partial charge in [-0.25, -0.2) is 22.0 Å². The first kappa shape index (κ1) is 17.7. The lowest BCUT2D eigenvalue weighted by Crippen LogP contribution is -2.14. The van der Waals surface area contributed by atoms with E-state index in [4.69, 9.17) is 0 Å². The summed E-state index contributed by atoms with van der Waals surface area (Å²) in [5, 5.41) is 20.2. The van der Waals surface area contributed by atoms with Gasteiger partial charge in [0.15, 0.2) is 23.3 Å². The van der Waals surface area contributed by atoms with Crippen LogP contribution in [0.25, 0.3) is 0 Å². The van der Waals surface area contributed by atoms with Gasteiger partial charge in [-0.3, -0.25) is 0 Å². The zero-order chi connectivity index (χ0) is 19.0. The zero-order valence-electron chi connectivity index (χ0n) is 13.0. The van der Waals surface area contributed by atoms with Crippen LogP contribution in [0.4, 0.5) is 22.0 Å². The van der Waals surface area contributed by atoms with Crippen LogP contribution in [-0.4, -0.2) is 10.2 Å². The minimum atomic E-state index is -2.28. The summed E-state index contributed by atoms with van der Waals surface area (Å²) < 4.78 is 69.6. The molecule has 0 fully saturated rings. The molecule has 3 rings (SSSR count). The molecule has 0 aliphatic heterocycles. The molecule has 3 aromatic carbocycles. The lowest BCUT2D eigenvalue weighted by Gasteiger charge is -2.22. The topological polar surface area (TPSA) is 40.5 Å². The van der Waals surface area contributed by atoms with Crippen molar-refractivity contribution in [3.8, 4) is 11.5 Å². The molecule has 0 radical (unpaired) electrons. The summed E-state index contributed by atoms with van der Waals surface area (Å²) in [6.07, 6.45) is 0. The van der Waals surface area contributed by atoms with Crippen molar-refractivity contribution in [2.75, 3.05) is 0 Å². The molecule has 0 saturated heterocycles. The molecule has 0 aliphatic rings. The van der Waals surface area contributed by atoms with Gasteiger partial charge in [0.1, 0.15) is 11.5 Å². The van der Waals surface area contributed by atoms with Gasteiger partial charge in [0.2, 0.25) is 5.82 Å². The Morgan fingerprint density at radius 3 is 1.27 bits per heavy atom. The molecular formula is C19H11F5O2. The molecule has 134 valence electrons. The highest BCUT2D eigenvalue weighted by molar-refractivity contribution is 5.53. The van der Waals surface area contributed by atoms with Gasteiger partial charge in [0.05, 0.1) is 0 Å². The number of hydrogen-bond acceptors (Lipinski definition) is 2. The Kier molecular flexibility index (Phi) is 4.54. The van der Waals surface area contributed by atoms with E-state index < -0.39 is 52.1 Å². The van der Waals surface area contributed by atoms with Crippen molar-refractivity contribution in [3.63, 3.8) is 0 Å². The van der Waals surface area contributed by atoms with Gasteiger partial charge >= 0.3 is 0 Å². The Morgan fingerprint density at radius 2 is 0.885 bits per heavy atom. The Hall–Kier alpha value is -3.09. The van der Waals surface area contributed by atoms with E-state index >= 15 is 0 Å². The monoisotopic (exact) mass is 366 g/mol. The smallest absolute Gasteiger partial charge is 0.200 e. The summed E-state index contributed by atoms with van der Waals surface area (Å²) in [6.45, 7) is 0. The van der Waals surface area contributed by atoms with Crippen LogP contribution in [0.3, 0.4) is 0 Å². The fourth-order valence-electron chi connectivity index (χ4n) is 2.82. The molecule has 3 aromatic rings. The predicted octanol–water partition coefficient (Wildman–Crippen LogP) is 4.97. The summed E-state index contributed by atoms with van der Waals surface area (Å²) in [5.41, 5.74) is -1.42. The van der Waals surface area contributed by atoms with Crippen LogP contribution in [0.2, 0.25) is 0 Å². The molecule has 2 nitrogen and oxygen atoms in total. The number of phenols is 2. The fraction of sp³-hybridized carbons (Fsp3) is 0.0526. The Balaban J connectivity index is 2.41. The van der Waals surface area contributed by atoms with E-state index in [1.165, 1.54) is 48.5 Å². The van der Waals surface area contributed by atoms with Gasteiger partial charge in [-0.05, 0) is 12.1 Å². The molecule has 0 saturated carbocycles. The Labute approximate surface area is 144 Å². The fourth-order valence-corrected chi connectivity index (χ4v) is 2.82. The van der Waals surface area contributed by atoms with Crippen LogP contribution in [0.5, 0.6) is 11.5 Å². The minimum Gasteiger partial charge on any atom is -0.508 e. The van der Waals surface area contributed by atoms with Gasteiger partial charge < -0.3 is 10.2 Å². The third-order valence-electron chi connectivity index (χ3n) is 4.03. The number of para-hydroxylation sites is 2. The number of benzene rings is 3. The standard InChI is InChI=1S/C19H11F5O2/c20-15-14(16(21)18(23)19(24)17(15)22)13(9-5-1-3-7-11(9)25)10-6-2-4-8-12(10)26/h1-8,13,25-26H. The zero-order valence-corrected chi connectivity index (χ0v) is 13.0. The molecule has 0 aliphatic carbocycles. The van der Waals surface area contributed by atoms with Crippen molar-refractivity contribution in [3.05, 3.63) is 94.3 Å². The Morgan fingerprint density at radius 1 is 0.538 bits per heavy atom. The van der Waals surface area contributed by atoms with Gasteiger partial charge in [-0.1, -0.05) is 36.4 Å². The van der Waals surface area contributed by atoms with Gasteiger partial charge in [0.25, 0.3) is 0 Å². The van der Waals surface area contributed by atoms with Crippen LogP contribution in [0.15, 0.2) is 48.5 Å². The average molecular weight is 366 g/mol. The van der Waals surface area contributed by atoms with Crippen molar-refractivity contribution in [1.29, 1.82) is 0 Å². The second-order valence-electron chi connectivity index (χ2n) is 5.53. The molecule has 0 amide bonds. The van der Waals surface area contributed by atoms with Crippen molar-refractivity contribution in [2.45, 2.75) is 5.92 Å². The van der Waals surface area contributed by atoms with E-state index in [-0.39, 0.29) is 11.1 Å². The number of rotatable bonds is 3. The molecule has 7 heteroatoms. The molecule has 0 atom stereocenters. The molecule has 2 N–H and O–H groups in total. The number of aromatic hydroxyl groups is 2. The predicted molar refractivity (Wildman–Crippen MR) is 83.4 cm³/mol. The highest BCUT2D eigenvalue weighted by Gasteiger charge is 2.34. The van der Waals surface area contributed by atoms with E-state index in [1.54, 1.807) is 0 Å².